The zero-order valence-electron chi connectivity index (χ0n) is 18.8. The van der Waals surface area contributed by atoms with Crippen LogP contribution in [0, 0.1) is 11.8 Å². The van der Waals surface area contributed by atoms with E-state index in [4.69, 9.17) is 9.47 Å². The Hall–Kier alpha value is -3.94. The van der Waals surface area contributed by atoms with E-state index in [1.807, 2.05) is 42.5 Å². The molecule has 1 saturated heterocycles. The van der Waals surface area contributed by atoms with Gasteiger partial charge in [-0.2, -0.15) is 0 Å². The van der Waals surface area contributed by atoms with Gasteiger partial charge in [0.1, 0.15) is 11.8 Å². The summed E-state index contributed by atoms with van der Waals surface area (Å²) in [5, 5.41) is 2.64. The second-order valence-corrected chi connectivity index (χ2v) is 8.26. The van der Waals surface area contributed by atoms with Gasteiger partial charge < -0.3 is 14.8 Å². The third-order valence-electron chi connectivity index (χ3n) is 6.12. The molecule has 0 spiro atoms. The summed E-state index contributed by atoms with van der Waals surface area (Å²) in [5.41, 5.74) is 1.21. The summed E-state index contributed by atoms with van der Waals surface area (Å²) in [6.45, 7) is -0.563. The third-order valence-corrected chi connectivity index (χ3v) is 6.12. The van der Waals surface area contributed by atoms with Crippen LogP contribution in [0.3, 0.4) is 0 Å². The first kappa shape index (κ1) is 23.2. The van der Waals surface area contributed by atoms with Crippen molar-refractivity contribution in [2.45, 2.75) is 25.3 Å². The fraction of sp³-hybridized carbons (Fsp3) is 0.308. The minimum absolute atomic E-state index is 0.109. The minimum atomic E-state index is -1.15. The van der Waals surface area contributed by atoms with Crippen molar-refractivity contribution in [1.29, 1.82) is 0 Å². The number of methoxy groups -OCH3 is 1. The van der Waals surface area contributed by atoms with Crippen LogP contribution in [0.25, 0.3) is 0 Å². The number of fused-ring (bicyclic) bond motifs is 1. The molecule has 3 amide bonds. The van der Waals surface area contributed by atoms with Crippen LogP contribution in [0.4, 0.5) is 5.69 Å². The van der Waals surface area contributed by atoms with Crippen LogP contribution in [0.5, 0.6) is 5.75 Å². The number of likely N-dealkylation sites (tertiary alicyclic amines) is 1. The van der Waals surface area contributed by atoms with Crippen molar-refractivity contribution in [2.75, 3.05) is 19.0 Å². The Morgan fingerprint density at radius 1 is 0.971 bits per heavy atom. The Morgan fingerprint density at radius 2 is 1.59 bits per heavy atom. The summed E-state index contributed by atoms with van der Waals surface area (Å²) in [4.78, 5) is 52.8. The quantitative estimate of drug-likeness (QED) is 0.368. The Balaban J connectivity index is 1.49. The smallest absolute Gasteiger partial charge is 0.330 e. The standard InChI is InChI=1S/C26H26N2O6/c1-33-22-14-8-7-13-20(22)27-23(29)16-34-26(32)21(15-17-9-3-2-4-10-17)28-24(30)18-11-5-6-12-19(18)25(28)31/h2-10,13-14,18-19,21H,11-12,15-16H2,1H3,(H,27,29)/t18-,19-,21-/m0/s1. The molecule has 0 saturated carbocycles. The zero-order valence-corrected chi connectivity index (χ0v) is 18.8. The Bertz CT molecular complexity index is 1090. The number of esters is 1. The van der Waals surface area contributed by atoms with E-state index in [9.17, 15) is 19.2 Å². The summed E-state index contributed by atoms with van der Waals surface area (Å²) in [6, 6.07) is 14.8. The molecule has 2 aromatic carbocycles. The van der Waals surface area contributed by atoms with Gasteiger partial charge in [0.2, 0.25) is 11.8 Å². The third kappa shape index (κ3) is 4.85. The molecular formula is C26H26N2O6. The van der Waals surface area contributed by atoms with Crippen molar-refractivity contribution in [3.63, 3.8) is 0 Å². The maximum Gasteiger partial charge on any atom is 0.330 e. The van der Waals surface area contributed by atoms with E-state index in [0.29, 0.717) is 24.3 Å². The number of anilines is 1. The molecule has 0 unspecified atom stereocenters. The molecule has 3 atom stereocenters. The number of benzene rings is 2. The van der Waals surface area contributed by atoms with Crippen molar-refractivity contribution >= 4 is 29.4 Å². The van der Waals surface area contributed by atoms with E-state index in [0.717, 1.165) is 10.5 Å². The van der Waals surface area contributed by atoms with Gasteiger partial charge >= 0.3 is 5.97 Å². The Morgan fingerprint density at radius 3 is 2.24 bits per heavy atom. The van der Waals surface area contributed by atoms with Gasteiger partial charge in [-0.15, -0.1) is 0 Å². The normalized spacial score (nSPS) is 20.0. The van der Waals surface area contributed by atoms with Crippen molar-refractivity contribution in [3.8, 4) is 5.75 Å². The largest absolute Gasteiger partial charge is 0.495 e. The highest BCUT2D eigenvalue weighted by molar-refractivity contribution is 6.08. The Kier molecular flexibility index (Phi) is 7.06. The first-order chi connectivity index (χ1) is 16.5. The van der Waals surface area contributed by atoms with Crippen LogP contribution in [0.15, 0.2) is 66.7 Å². The lowest BCUT2D eigenvalue weighted by atomic mass is 9.85. The number of rotatable bonds is 8. The average molecular weight is 463 g/mol. The molecule has 8 nitrogen and oxygen atoms in total. The average Bonchev–Trinajstić information content (AvgIpc) is 3.12. The molecule has 2 aromatic rings. The van der Waals surface area contributed by atoms with Gasteiger partial charge in [-0.25, -0.2) is 4.79 Å². The van der Waals surface area contributed by atoms with E-state index >= 15 is 0 Å². The van der Waals surface area contributed by atoms with E-state index < -0.39 is 36.4 Å². The maximum atomic E-state index is 13.1. The molecule has 1 fully saturated rings. The lowest BCUT2D eigenvalue weighted by Crippen LogP contribution is -2.48. The van der Waals surface area contributed by atoms with Crippen molar-refractivity contribution < 1.29 is 28.7 Å². The molecule has 8 heteroatoms. The molecule has 1 heterocycles. The number of carbonyl (C=O) groups is 4. The summed E-state index contributed by atoms with van der Waals surface area (Å²) in [5.74, 6) is -2.55. The summed E-state index contributed by atoms with van der Waals surface area (Å²) in [7, 11) is 1.48. The fourth-order valence-electron chi connectivity index (χ4n) is 4.42. The van der Waals surface area contributed by atoms with E-state index in [1.54, 1.807) is 24.3 Å². The van der Waals surface area contributed by atoms with Crippen molar-refractivity contribution in [1.82, 2.24) is 4.90 Å². The van der Waals surface area contributed by atoms with Crippen molar-refractivity contribution in [3.05, 3.63) is 72.3 Å². The Labute approximate surface area is 197 Å². The number of hydrogen-bond acceptors (Lipinski definition) is 6. The van der Waals surface area contributed by atoms with Gasteiger partial charge in [0, 0.05) is 6.42 Å². The van der Waals surface area contributed by atoms with Crippen LogP contribution in [0.1, 0.15) is 18.4 Å². The predicted octanol–water partition coefficient (Wildman–Crippen LogP) is 2.74. The number of para-hydroxylation sites is 2. The van der Waals surface area contributed by atoms with E-state index in [-0.39, 0.29) is 18.2 Å². The van der Waals surface area contributed by atoms with Crippen molar-refractivity contribution in [2.24, 2.45) is 11.8 Å². The molecule has 2 aliphatic rings. The van der Waals surface area contributed by atoms with Gasteiger partial charge in [-0.05, 0) is 30.5 Å². The molecule has 34 heavy (non-hydrogen) atoms. The highest BCUT2D eigenvalue weighted by Crippen LogP contribution is 2.36. The molecule has 0 radical (unpaired) electrons. The topological polar surface area (TPSA) is 102 Å². The minimum Gasteiger partial charge on any atom is -0.495 e. The lowest BCUT2D eigenvalue weighted by Gasteiger charge is -2.25. The molecule has 1 aliphatic carbocycles. The van der Waals surface area contributed by atoms with Gasteiger partial charge in [0.25, 0.3) is 5.91 Å². The highest BCUT2D eigenvalue weighted by atomic mass is 16.5. The number of carbonyl (C=O) groups excluding carboxylic acids is 4. The van der Waals surface area contributed by atoms with Crippen LogP contribution < -0.4 is 10.1 Å². The highest BCUT2D eigenvalue weighted by Gasteiger charge is 2.51. The zero-order chi connectivity index (χ0) is 24.1. The first-order valence-corrected chi connectivity index (χ1v) is 11.1. The first-order valence-electron chi connectivity index (χ1n) is 11.1. The molecule has 4 rings (SSSR count). The van der Waals surface area contributed by atoms with E-state index in [2.05, 4.69) is 5.32 Å². The van der Waals surface area contributed by atoms with Crippen LogP contribution >= 0.6 is 0 Å². The van der Waals surface area contributed by atoms with Crippen LogP contribution in [0.2, 0.25) is 0 Å². The SMILES string of the molecule is COc1ccccc1NC(=O)COC(=O)[C@H](Cc1ccccc1)N1C(=O)[C@H]2CC=CC[C@@H]2C1=O. The summed E-state index contributed by atoms with van der Waals surface area (Å²) >= 11 is 0. The predicted molar refractivity (Wildman–Crippen MR) is 124 cm³/mol. The number of imide groups is 1. The molecule has 176 valence electrons. The maximum absolute atomic E-state index is 13.1. The summed E-state index contributed by atoms with van der Waals surface area (Å²) in [6.07, 6.45) is 4.84. The molecule has 0 aromatic heterocycles. The van der Waals surface area contributed by atoms with E-state index in [1.165, 1.54) is 7.11 Å². The number of nitrogens with zero attached hydrogens (tertiary/aromatic N) is 1. The molecule has 0 bridgehead atoms. The fourth-order valence-corrected chi connectivity index (χ4v) is 4.42. The second kappa shape index (κ2) is 10.3. The second-order valence-electron chi connectivity index (χ2n) is 8.26. The number of allylic oxidation sites excluding steroid dienone is 2. The molecule has 1 aliphatic heterocycles. The number of nitrogens with one attached hydrogen (secondary N) is 1. The van der Waals surface area contributed by atoms with Gasteiger partial charge in [-0.1, -0.05) is 54.6 Å². The number of amides is 3. The van der Waals surface area contributed by atoms with Crippen LogP contribution in [-0.4, -0.2) is 48.3 Å². The molecule has 1 N–H and O–H groups in total. The molecular weight excluding hydrogens is 436 g/mol. The van der Waals surface area contributed by atoms with Gasteiger partial charge in [0.15, 0.2) is 6.61 Å². The number of hydrogen-bond donors (Lipinski definition) is 1. The van der Waals surface area contributed by atoms with Gasteiger partial charge in [-0.3, -0.25) is 19.3 Å². The number of ether oxygens (including phenoxy) is 2. The lowest BCUT2D eigenvalue weighted by molar-refractivity contribution is -0.160. The summed E-state index contributed by atoms with van der Waals surface area (Å²) < 4.78 is 10.5. The monoisotopic (exact) mass is 462 g/mol. The van der Waals surface area contributed by atoms with Crippen LogP contribution in [-0.2, 0) is 30.3 Å². The van der Waals surface area contributed by atoms with Gasteiger partial charge in [0.05, 0.1) is 24.6 Å².